The second-order valence-corrected chi connectivity index (χ2v) is 10.4. The number of aromatic nitrogens is 4. The van der Waals surface area contributed by atoms with Gasteiger partial charge in [0.1, 0.15) is 11.0 Å². The van der Waals surface area contributed by atoms with E-state index in [1.165, 1.54) is 4.57 Å². The summed E-state index contributed by atoms with van der Waals surface area (Å²) in [6, 6.07) is 3.43. The van der Waals surface area contributed by atoms with Gasteiger partial charge in [-0.25, -0.2) is 19.1 Å². The lowest BCUT2D eigenvalue weighted by atomic mass is 10.0. The lowest BCUT2D eigenvalue weighted by molar-refractivity contribution is 0.0944. The number of hydrogen-bond donors (Lipinski definition) is 0. The van der Waals surface area contributed by atoms with Gasteiger partial charge in [0.05, 0.1) is 28.4 Å². The highest BCUT2D eigenvalue weighted by Crippen LogP contribution is 2.33. The number of carbonyl (C=O) groups excluding carboxylic acids is 1. The predicted octanol–water partition coefficient (Wildman–Crippen LogP) is 5.36. The third kappa shape index (κ3) is 5.38. The van der Waals surface area contributed by atoms with Gasteiger partial charge in [-0.05, 0) is 43.9 Å². The summed E-state index contributed by atoms with van der Waals surface area (Å²) in [5.74, 6) is 0.519. The molecule has 0 aromatic carbocycles. The zero-order valence-electron chi connectivity index (χ0n) is 21.8. The summed E-state index contributed by atoms with van der Waals surface area (Å²) in [5, 5.41) is 0.956. The average molecular weight is 547 g/mol. The van der Waals surface area contributed by atoms with Crippen LogP contribution in [0.2, 0.25) is 10.2 Å². The minimum atomic E-state index is -0.486. The minimum Gasteiger partial charge on any atom is -0.449 e. The number of fused-ring (bicyclic) bond motifs is 1. The fourth-order valence-electron chi connectivity index (χ4n) is 4.62. The Kier molecular flexibility index (Phi) is 8.23. The molecule has 0 spiro atoms. The number of carbonyl (C=O) groups is 1. The number of nitrogens with zero attached hydrogens (tertiary/aromatic N) is 6. The topological polar surface area (TPSA) is 93.5 Å². The Labute approximate surface area is 226 Å². The van der Waals surface area contributed by atoms with Gasteiger partial charge in [0.25, 0.3) is 0 Å². The summed E-state index contributed by atoms with van der Waals surface area (Å²) in [5.41, 5.74) is 2.14. The molecule has 4 rings (SSSR count). The smallest absolute Gasteiger partial charge is 0.409 e. The molecule has 37 heavy (non-hydrogen) atoms. The molecule has 0 aliphatic carbocycles. The molecule has 1 atom stereocenters. The van der Waals surface area contributed by atoms with Crippen LogP contribution in [0.4, 0.5) is 10.6 Å². The van der Waals surface area contributed by atoms with E-state index in [1.54, 1.807) is 17.2 Å². The van der Waals surface area contributed by atoms with E-state index in [1.807, 2.05) is 45.6 Å². The van der Waals surface area contributed by atoms with E-state index in [4.69, 9.17) is 27.9 Å². The van der Waals surface area contributed by atoms with E-state index in [9.17, 15) is 9.59 Å². The average Bonchev–Trinajstić information content (AvgIpc) is 2.85. The van der Waals surface area contributed by atoms with E-state index < -0.39 is 5.69 Å². The molecule has 11 heteroatoms. The van der Waals surface area contributed by atoms with Gasteiger partial charge in [0, 0.05) is 31.9 Å². The Morgan fingerprint density at radius 2 is 2.00 bits per heavy atom. The van der Waals surface area contributed by atoms with Crippen LogP contribution in [0, 0.1) is 6.92 Å². The molecule has 1 aliphatic rings. The van der Waals surface area contributed by atoms with Crippen molar-refractivity contribution in [3.8, 4) is 5.69 Å². The molecule has 9 nitrogen and oxygen atoms in total. The van der Waals surface area contributed by atoms with Crippen LogP contribution in [0.3, 0.4) is 0 Å². The van der Waals surface area contributed by atoms with Crippen LogP contribution in [0.1, 0.15) is 57.7 Å². The monoisotopic (exact) mass is 546 g/mol. The molecule has 3 aromatic rings. The molecule has 0 N–H and O–H groups in total. The Bertz CT molecular complexity index is 1380. The van der Waals surface area contributed by atoms with E-state index >= 15 is 0 Å². The van der Waals surface area contributed by atoms with Crippen LogP contribution < -0.4 is 10.6 Å². The molecule has 0 saturated carbocycles. The molecular weight excluding hydrogens is 515 g/mol. The Morgan fingerprint density at radius 1 is 1.24 bits per heavy atom. The molecule has 198 valence electrons. The van der Waals surface area contributed by atoms with Crippen LogP contribution in [-0.4, -0.2) is 62.8 Å². The van der Waals surface area contributed by atoms with Gasteiger partial charge in [-0.15, -0.1) is 0 Å². The highest BCUT2D eigenvalue weighted by molar-refractivity contribution is 6.41. The Balaban J connectivity index is 1.81. The molecule has 1 saturated heterocycles. The predicted molar refractivity (Wildman–Crippen MR) is 146 cm³/mol. The van der Waals surface area contributed by atoms with Crippen molar-refractivity contribution in [2.45, 2.75) is 59.4 Å². The van der Waals surface area contributed by atoms with Crippen LogP contribution in [0.15, 0.2) is 23.1 Å². The molecule has 3 aromatic heterocycles. The standard InChI is InChI=1S/C26H32Cl2N6O3/c1-6-7-12-37-26(36)32-10-11-33(17(5)14-32)23-18-13-19(27)22(28)30-24(18)34(25(35)31-23)21-16(4)8-9-29-20(21)15(2)3/h8-9,13,15,17H,6-7,10-12,14H2,1-5H3/t17-/m0/s1. The van der Waals surface area contributed by atoms with Crippen molar-refractivity contribution in [2.75, 3.05) is 31.1 Å². The van der Waals surface area contributed by atoms with Crippen molar-refractivity contribution in [3.05, 3.63) is 50.2 Å². The SMILES string of the molecule is CCCCOC(=O)N1CCN(c2nc(=O)n(-c3c(C)ccnc3C(C)C)c3nc(Cl)c(Cl)cc23)[C@@H](C)C1. The Hall–Kier alpha value is -2.91. The third-order valence-corrected chi connectivity index (χ3v) is 7.24. The number of amides is 1. The van der Waals surface area contributed by atoms with Crippen LogP contribution in [0.5, 0.6) is 0 Å². The summed E-state index contributed by atoms with van der Waals surface area (Å²) in [6.45, 7) is 11.8. The molecule has 0 unspecified atom stereocenters. The summed E-state index contributed by atoms with van der Waals surface area (Å²) < 4.78 is 6.86. The van der Waals surface area contributed by atoms with Crippen molar-refractivity contribution < 1.29 is 9.53 Å². The molecular formula is C26H32Cl2N6O3. The molecule has 1 amide bonds. The quantitative estimate of drug-likeness (QED) is 0.303. The van der Waals surface area contributed by atoms with E-state index in [0.29, 0.717) is 48.8 Å². The molecule has 4 heterocycles. The van der Waals surface area contributed by atoms with Crippen molar-refractivity contribution in [1.82, 2.24) is 24.4 Å². The zero-order chi connectivity index (χ0) is 26.9. The zero-order valence-corrected chi connectivity index (χ0v) is 23.3. The molecule has 1 fully saturated rings. The van der Waals surface area contributed by atoms with Crippen LogP contribution in [-0.2, 0) is 4.74 Å². The second-order valence-electron chi connectivity index (χ2n) is 9.66. The number of hydrogen-bond acceptors (Lipinski definition) is 7. The number of unbranched alkanes of at least 4 members (excludes halogenated alkanes) is 1. The summed E-state index contributed by atoms with van der Waals surface area (Å²) in [7, 11) is 0. The fraction of sp³-hybridized carbons (Fsp3) is 0.500. The summed E-state index contributed by atoms with van der Waals surface area (Å²) in [6.07, 6.45) is 3.20. The maximum absolute atomic E-state index is 13.6. The number of piperazine rings is 1. The van der Waals surface area contributed by atoms with Gasteiger partial charge in [-0.2, -0.15) is 4.98 Å². The first-order valence-electron chi connectivity index (χ1n) is 12.6. The molecule has 1 aliphatic heterocycles. The van der Waals surface area contributed by atoms with Gasteiger partial charge in [0.2, 0.25) is 0 Å². The van der Waals surface area contributed by atoms with E-state index in [0.717, 1.165) is 24.1 Å². The van der Waals surface area contributed by atoms with E-state index in [2.05, 4.69) is 15.0 Å². The van der Waals surface area contributed by atoms with Crippen molar-refractivity contribution in [1.29, 1.82) is 0 Å². The minimum absolute atomic E-state index is 0.0597. The van der Waals surface area contributed by atoms with Gasteiger partial charge in [0.15, 0.2) is 5.65 Å². The molecule has 0 bridgehead atoms. The fourth-order valence-corrected chi connectivity index (χ4v) is 4.91. The largest absolute Gasteiger partial charge is 0.449 e. The summed E-state index contributed by atoms with van der Waals surface area (Å²) in [4.78, 5) is 43.4. The van der Waals surface area contributed by atoms with Gasteiger partial charge < -0.3 is 14.5 Å². The van der Waals surface area contributed by atoms with Crippen LogP contribution in [0.25, 0.3) is 16.7 Å². The first-order chi connectivity index (χ1) is 17.6. The normalized spacial score (nSPS) is 16.1. The number of rotatable bonds is 6. The first kappa shape index (κ1) is 27.1. The first-order valence-corrected chi connectivity index (χ1v) is 13.3. The number of aryl methyl sites for hydroxylation is 1. The number of pyridine rings is 2. The summed E-state index contributed by atoms with van der Waals surface area (Å²) >= 11 is 12.7. The van der Waals surface area contributed by atoms with Gasteiger partial charge in [-0.3, -0.25) is 4.98 Å². The number of ether oxygens (including phenoxy) is 1. The van der Waals surface area contributed by atoms with Crippen molar-refractivity contribution in [3.63, 3.8) is 0 Å². The maximum atomic E-state index is 13.6. The highest BCUT2D eigenvalue weighted by atomic mass is 35.5. The van der Waals surface area contributed by atoms with E-state index in [-0.39, 0.29) is 28.2 Å². The lowest BCUT2D eigenvalue weighted by Crippen LogP contribution is -2.54. The third-order valence-electron chi connectivity index (χ3n) is 6.56. The second kappa shape index (κ2) is 11.2. The maximum Gasteiger partial charge on any atom is 0.409 e. The lowest BCUT2D eigenvalue weighted by Gasteiger charge is -2.40. The van der Waals surface area contributed by atoms with Crippen molar-refractivity contribution in [2.24, 2.45) is 0 Å². The Morgan fingerprint density at radius 3 is 2.68 bits per heavy atom. The number of anilines is 1. The highest BCUT2D eigenvalue weighted by Gasteiger charge is 2.31. The molecule has 0 radical (unpaired) electrons. The van der Waals surface area contributed by atoms with Gasteiger partial charge in [-0.1, -0.05) is 50.4 Å². The number of halogens is 2. The van der Waals surface area contributed by atoms with Gasteiger partial charge >= 0.3 is 11.8 Å². The van der Waals surface area contributed by atoms with Crippen LogP contribution >= 0.6 is 23.2 Å². The van der Waals surface area contributed by atoms with Crippen molar-refractivity contribution >= 4 is 46.1 Å².